The van der Waals surface area contributed by atoms with E-state index in [1.54, 1.807) is 42.4 Å². The summed E-state index contributed by atoms with van der Waals surface area (Å²) in [5, 5.41) is 13.1. The van der Waals surface area contributed by atoms with E-state index in [1.165, 1.54) is 11.2 Å². The summed E-state index contributed by atoms with van der Waals surface area (Å²) in [6.45, 7) is 3.17. The number of likely N-dealkylation sites (tertiary alicyclic amines) is 1. The summed E-state index contributed by atoms with van der Waals surface area (Å²) in [6.07, 6.45) is 3.24. The first-order valence-electron chi connectivity index (χ1n) is 11.5. The molecule has 2 N–H and O–H groups in total. The molecule has 10 heteroatoms. The summed E-state index contributed by atoms with van der Waals surface area (Å²) in [5.41, 5.74) is 3.24. The van der Waals surface area contributed by atoms with Crippen molar-refractivity contribution in [3.8, 4) is 5.75 Å². The molecule has 0 spiro atoms. The molecule has 0 bridgehead atoms. The van der Waals surface area contributed by atoms with Crippen molar-refractivity contribution in [3.05, 3.63) is 54.1 Å². The fraction of sp³-hybridized carbons (Fsp3) is 0.320. The van der Waals surface area contributed by atoms with Crippen molar-refractivity contribution in [2.45, 2.75) is 19.4 Å². The van der Waals surface area contributed by atoms with Gasteiger partial charge in [-0.1, -0.05) is 0 Å². The van der Waals surface area contributed by atoms with Crippen molar-refractivity contribution in [3.63, 3.8) is 0 Å². The minimum Gasteiger partial charge on any atom is -0.492 e. The number of hydrogen-bond donors (Lipinski definition) is 2. The second kappa shape index (κ2) is 8.95. The average Bonchev–Trinajstić information content (AvgIpc) is 3.51. The Labute approximate surface area is 202 Å². The Morgan fingerprint density at radius 2 is 2.03 bits per heavy atom. The van der Waals surface area contributed by atoms with Gasteiger partial charge in [-0.2, -0.15) is 0 Å². The molecule has 182 valence electrons. The van der Waals surface area contributed by atoms with E-state index >= 15 is 0 Å². The Morgan fingerprint density at radius 1 is 1.20 bits per heavy atom. The van der Waals surface area contributed by atoms with Gasteiger partial charge in [0.1, 0.15) is 11.6 Å². The zero-order valence-electron chi connectivity index (χ0n) is 19.8. The molecule has 0 unspecified atom stereocenters. The predicted molar refractivity (Wildman–Crippen MR) is 131 cm³/mol. The van der Waals surface area contributed by atoms with E-state index in [2.05, 4.69) is 10.3 Å². The minimum absolute atomic E-state index is 0.137. The van der Waals surface area contributed by atoms with Crippen LogP contribution in [0.2, 0.25) is 0 Å². The van der Waals surface area contributed by atoms with Crippen LogP contribution in [0, 0.1) is 0 Å². The number of benzene rings is 1. The summed E-state index contributed by atoms with van der Waals surface area (Å²) < 4.78 is 11.3. The summed E-state index contributed by atoms with van der Waals surface area (Å²) in [6, 6.07) is 8.83. The number of β-amino-alcohol motifs (C(OH)–C–C–N with tert-alkyl or cyclic N) is 1. The molecule has 2 amide bonds. The van der Waals surface area contributed by atoms with Crippen molar-refractivity contribution >= 4 is 40.4 Å². The Balaban J connectivity index is 1.45. The number of rotatable bonds is 5. The van der Waals surface area contributed by atoms with Gasteiger partial charge in [0, 0.05) is 44.9 Å². The van der Waals surface area contributed by atoms with Crippen LogP contribution in [-0.4, -0.2) is 66.7 Å². The number of nitrogens with one attached hydrogen (secondary N) is 1. The highest BCUT2D eigenvalue weighted by atomic mass is 16.5. The highest BCUT2D eigenvalue weighted by Crippen LogP contribution is 2.41. The lowest BCUT2D eigenvalue weighted by Crippen LogP contribution is -2.29. The van der Waals surface area contributed by atoms with Gasteiger partial charge >= 0.3 is 0 Å². The van der Waals surface area contributed by atoms with Crippen LogP contribution in [-0.2, 0) is 0 Å². The number of furan rings is 1. The number of aliphatic hydroxyl groups is 1. The van der Waals surface area contributed by atoms with Crippen LogP contribution in [0.15, 0.2) is 47.2 Å². The average molecular weight is 478 g/mol. The fourth-order valence-corrected chi connectivity index (χ4v) is 4.43. The Morgan fingerprint density at radius 3 is 2.77 bits per heavy atom. The standard InChI is InChI=1S/C25H27N5O5/c1-4-34-21-11-15(24(32)30-9-7-16(31)14-30)5-6-17(21)27-22-12-19-20(13-26-22)29(3)25(33)23-18(28(19)2)8-10-35-23/h5-6,8,10-13,16,31H,4,7,9,14H2,1-3H3,(H,26,27)/t16-/m0/s1. The number of fused-ring (bicyclic) bond motifs is 2. The van der Waals surface area contributed by atoms with Crippen molar-refractivity contribution in [1.29, 1.82) is 0 Å². The van der Waals surface area contributed by atoms with Crippen LogP contribution in [0.25, 0.3) is 0 Å². The van der Waals surface area contributed by atoms with Gasteiger partial charge in [-0.25, -0.2) is 4.98 Å². The minimum atomic E-state index is -0.476. The molecule has 0 radical (unpaired) electrons. The zero-order chi connectivity index (χ0) is 24.7. The number of amides is 2. The van der Waals surface area contributed by atoms with Gasteiger partial charge in [-0.15, -0.1) is 0 Å². The number of carbonyl (C=O) groups excluding carboxylic acids is 2. The van der Waals surface area contributed by atoms with Crippen LogP contribution in [0.1, 0.15) is 34.3 Å². The normalized spacial score (nSPS) is 17.2. The quantitative estimate of drug-likeness (QED) is 0.575. The van der Waals surface area contributed by atoms with Crippen molar-refractivity contribution in [1.82, 2.24) is 9.88 Å². The number of hydrogen-bond acceptors (Lipinski definition) is 8. The molecule has 35 heavy (non-hydrogen) atoms. The second-order valence-corrected chi connectivity index (χ2v) is 8.58. The summed E-state index contributed by atoms with van der Waals surface area (Å²) >= 11 is 0. The first-order valence-corrected chi connectivity index (χ1v) is 11.5. The molecular weight excluding hydrogens is 450 g/mol. The van der Waals surface area contributed by atoms with Gasteiger partial charge in [0.2, 0.25) is 5.76 Å². The lowest BCUT2D eigenvalue weighted by Gasteiger charge is -2.22. The van der Waals surface area contributed by atoms with Gasteiger partial charge in [0.15, 0.2) is 0 Å². The molecule has 1 fully saturated rings. The molecular formula is C25H27N5O5. The van der Waals surface area contributed by atoms with E-state index in [9.17, 15) is 14.7 Å². The molecule has 10 nitrogen and oxygen atoms in total. The second-order valence-electron chi connectivity index (χ2n) is 8.58. The van der Waals surface area contributed by atoms with Gasteiger partial charge in [-0.05, 0) is 31.5 Å². The van der Waals surface area contributed by atoms with Crippen molar-refractivity contribution < 1.29 is 23.8 Å². The topological polar surface area (TPSA) is 111 Å². The van der Waals surface area contributed by atoms with E-state index in [4.69, 9.17) is 9.15 Å². The molecule has 5 rings (SSSR count). The highest BCUT2D eigenvalue weighted by molar-refractivity contribution is 6.11. The molecule has 2 aliphatic rings. The summed E-state index contributed by atoms with van der Waals surface area (Å²) in [7, 11) is 3.55. The summed E-state index contributed by atoms with van der Waals surface area (Å²) in [5.74, 6) is 0.953. The maximum Gasteiger partial charge on any atom is 0.296 e. The third-order valence-electron chi connectivity index (χ3n) is 6.33. The van der Waals surface area contributed by atoms with Gasteiger partial charge in [0.05, 0.1) is 47.9 Å². The third-order valence-corrected chi connectivity index (χ3v) is 6.33. The fourth-order valence-electron chi connectivity index (χ4n) is 4.43. The lowest BCUT2D eigenvalue weighted by atomic mass is 10.1. The van der Waals surface area contributed by atoms with Crippen LogP contribution >= 0.6 is 0 Å². The molecule has 4 heterocycles. The van der Waals surface area contributed by atoms with E-state index in [0.29, 0.717) is 60.3 Å². The summed E-state index contributed by atoms with van der Waals surface area (Å²) in [4.78, 5) is 35.2. The SMILES string of the molecule is CCOc1cc(C(=O)N2CC[C@H](O)C2)ccc1Nc1cc2c(cn1)N(C)C(=O)c1occc1N2C. The maximum absolute atomic E-state index is 12.9. The predicted octanol–water partition coefficient (Wildman–Crippen LogP) is 3.38. The Hall–Kier alpha value is -4.05. The highest BCUT2D eigenvalue weighted by Gasteiger charge is 2.31. The first-order chi connectivity index (χ1) is 16.9. The molecule has 0 aliphatic carbocycles. The van der Waals surface area contributed by atoms with Crippen LogP contribution < -0.4 is 19.9 Å². The van der Waals surface area contributed by atoms with Gasteiger partial charge < -0.3 is 34.3 Å². The number of anilines is 5. The van der Waals surface area contributed by atoms with Crippen molar-refractivity contribution in [2.24, 2.45) is 0 Å². The Bertz CT molecular complexity index is 1290. The molecule has 2 aromatic heterocycles. The molecule has 1 saturated heterocycles. The zero-order valence-corrected chi connectivity index (χ0v) is 19.8. The van der Waals surface area contributed by atoms with E-state index in [1.807, 2.05) is 24.9 Å². The molecule has 1 aromatic carbocycles. The number of ether oxygens (including phenoxy) is 1. The lowest BCUT2D eigenvalue weighted by molar-refractivity contribution is 0.0764. The van der Waals surface area contributed by atoms with E-state index in [0.717, 1.165) is 5.69 Å². The number of nitrogens with zero attached hydrogens (tertiary/aromatic N) is 4. The van der Waals surface area contributed by atoms with E-state index < -0.39 is 6.10 Å². The smallest absolute Gasteiger partial charge is 0.296 e. The molecule has 2 aliphatic heterocycles. The largest absolute Gasteiger partial charge is 0.492 e. The van der Waals surface area contributed by atoms with E-state index in [-0.39, 0.29) is 17.6 Å². The third kappa shape index (κ3) is 4.06. The Kier molecular flexibility index (Phi) is 5.81. The van der Waals surface area contributed by atoms with Crippen LogP contribution in [0.3, 0.4) is 0 Å². The number of aromatic nitrogens is 1. The number of carbonyl (C=O) groups is 2. The van der Waals surface area contributed by atoms with Gasteiger partial charge in [0.25, 0.3) is 11.8 Å². The number of aliphatic hydroxyl groups excluding tert-OH is 1. The number of pyridine rings is 1. The molecule has 0 saturated carbocycles. The van der Waals surface area contributed by atoms with Crippen molar-refractivity contribution in [2.75, 3.05) is 48.9 Å². The first kappa shape index (κ1) is 22.7. The molecule has 3 aromatic rings. The van der Waals surface area contributed by atoms with Gasteiger partial charge in [-0.3, -0.25) is 9.59 Å². The maximum atomic E-state index is 12.9. The van der Waals surface area contributed by atoms with Crippen LogP contribution in [0.5, 0.6) is 5.75 Å². The van der Waals surface area contributed by atoms with Crippen LogP contribution in [0.4, 0.5) is 28.6 Å². The monoisotopic (exact) mass is 477 g/mol. The molecule has 1 atom stereocenters.